The van der Waals surface area contributed by atoms with Gasteiger partial charge in [-0.1, -0.05) is 0 Å². The van der Waals surface area contributed by atoms with Crippen molar-refractivity contribution in [3.05, 3.63) is 18.5 Å². The fraction of sp³-hybridized carbons (Fsp3) is 0.167. The zero-order valence-electron chi connectivity index (χ0n) is 4.70. The molecule has 1 aromatic rings. The summed E-state index contributed by atoms with van der Waals surface area (Å²) in [5, 5.41) is 0. The van der Waals surface area contributed by atoms with Gasteiger partial charge in [-0.2, -0.15) is 0 Å². The molecule has 0 N–H and O–H groups in total. The van der Waals surface area contributed by atoms with Crippen LogP contribution in [0.2, 0.25) is 0 Å². The number of rotatable bonds is 0. The molecule has 0 spiro atoms. The van der Waals surface area contributed by atoms with Crippen LogP contribution in [0.15, 0.2) is 18.5 Å². The van der Waals surface area contributed by atoms with E-state index in [0.29, 0.717) is 6.79 Å². The van der Waals surface area contributed by atoms with Crippen LogP contribution >= 0.6 is 0 Å². The maximum Gasteiger partial charge on any atom is 0.231 e. The molecular weight excluding hydrogens is 118 g/mol. The van der Waals surface area contributed by atoms with Crippen LogP contribution in [-0.2, 0) is 0 Å². The number of hydrogen-bond donors (Lipinski definition) is 0. The number of nitrogens with zero attached hydrogens (tertiary/aromatic N) is 1. The van der Waals surface area contributed by atoms with Crippen molar-refractivity contribution in [1.29, 1.82) is 0 Å². The predicted molar refractivity (Wildman–Crippen MR) is 30.4 cm³/mol. The lowest BCUT2D eigenvalue weighted by Gasteiger charge is -1.88. The Labute approximate surface area is 52.2 Å². The topological polar surface area (TPSA) is 31.4 Å². The van der Waals surface area contributed by atoms with E-state index in [1.54, 1.807) is 18.5 Å². The smallest absolute Gasteiger partial charge is 0.231 e. The second kappa shape index (κ2) is 1.62. The van der Waals surface area contributed by atoms with Gasteiger partial charge in [-0.3, -0.25) is 4.98 Å². The van der Waals surface area contributed by atoms with Gasteiger partial charge < -0.3 is 9.47 Å². The van der Waals surface area contributed by atoms with Crippen molar-refractivity contribution < 1.29 is 9.47 Å². The molecule has 0 radical (unpaired) electrons. The highest BCUT2D eigenvalue weighted by atomic mass is 16.7. The van der Waals surface area contributed by atoms with E-state index in [1.807, 2.05) is 0 Å². The quantitative estimate of drug-likeness (QED) is 0.511. The van der Waals surface area contributed by atoms with Crippen LogP contribution in [0.25, 0.3) is 0 Å². The molecule has 1 aliphatic rings. The monoisotopic (exact) mass is 123 g/mol. The molecule has 1 aromatic heterocycles. The van der Waals surface area contributed by atoms with Gasteiger partial charge in [-0.05, 0) is 0 Å². The molecule has 0 aromatic carbocycles. The Balaban J connectivity index is 2.54. The highest BCUT2D eigenvalue weighted by molar-refractivity contribution is 5.38. The third-order valence-corrected chi connectivity index (χ3v) is 1.18. The van der Waals surface area contributed by atoms with E-state index in [-0.39, 0.29) is 0 Å². The molecule has 0 saturated carbocycles. The number of ether oxygens (including phenoxy) is 2. The van der Waals surface area contributed by atoms with Gasteiger partial charge in [0.05, 0.1) is 6.20 Å². The molecule has 0 saturated heterocycles. The van der Waals surface area contributed by atoms with Gasteiger partial charge in [-0.15, -0.1) is 0 Å². The Morgan fingerprint density at radius 3 is 3.11 bits per heavy atom. The summed E-state index contributed by atoms with van der Waals surface area (Å²) in [6, 6.07) is 1.78. The maximum atomic E-state index is 5.04. The molecule has 2 heterocycles. The van der Waals surface area contributed by atoms with E-state index < -0.39 is 0 Å². The third kappa shape index (κ3) is 0.614. The summed E-state index contributed by atoms with van der Waals surface area (Å²) in [5.74, 6) is 1.52. The van der Waals surface area contributed by atoms with E-state index in [9.17, 15) is 0 Å². The summed E-state index contributed by atoms with van der Waals surface area (Å²) in [4.78, 5) is 3.85. The van der Waals surface area contributed by atoms with Crippen molar-refractivity contribution in [2.45, 2.75) is 0 Å². The average molecular weight is 123 g/mol. The van der Waals surface area contributed by atoms with Crippen LogP contribution < -0.4 is 9.47 Å². The van der Waals surface area contributed by atoms with Gasteiger partial charge in [0.25, 0.3) is 0 Å². The van der Waals surface area contributed by atoms with E-state index >= 15 is 0 Å². The lowest BCUT2D eigenvalue weighted by molar-refractivity contribution is 0.174. The minimum absolute atomic E-state index is 0.320. The first-order valence-electron chi connectivity index (χ1n) is 2.66. The Hall–Kier alpha value is -1.25. The highest BCUT2D eigenvalue weighted by Gasteiger charge is 2.10. The zero-order chi connectivity index (χ0) is 6.10. The van der Waals surface area contributed by atoms with Crippen LogP contribution in [-0.4, -0.2) is 11.8 Å². The van der Waals surface area contributed by atoms with Gasteiger partial charge in [0.15, 0.2) is 11.5 Å². The first kappa shape index (κ1) is 4.61. The molecule has 2 rings (SSSR count). The van der Waals surface area contributed by atoms with E-state index in [2.05, 4.69) is 4.98 Å². The second-order valence-electron chi connectivity index (χ2n) is 1.73. The van der Waals surface area contributed by atoms with Gasteiger partial charge in [-0.25, -0.2) is 0 Å². The standard InChI is InChI=1S/C6H5NO2/c1-2-7-3-6-5(1)8-4-9-6/h1-3H,4H2. The van der Waals surface area contributed by atoms with Crippen LogP contribution in [0.5, 0.6) is 11.5 Å². The van der Waals surface area contributed by atoms with E-state index in [0.717, 1.165) is 11.5 Å². The largest absolute Gasteiger partial charge is 0.453 e. The van der Waals surface area contributed by atoms with Crippen molar-refractivity contribution in [2.75, 3.05) is 6.79 Å². The molecule has 46 valence electrons. The summed E-state index contributed by atoms with van der Waals surface area (Å²) in [5.41, 5.74) is 0. The Kier molecular flexibility index (Phi) is 0.828. The van der Waals surface area contributed by atoms with Crippen molar-refractivity contribution >= 4 is 0 Å². The van der Waals surface area contributed by atoms with Crippen molar-refractivity contribution in [3.63, 3.8) is 0 Å². The van der Waals surface area contributed by atoms with E-state index in [1.165, 1.54) is 0 Å². The highest BCUT2D eigenvalue weighted by Crippen LogP contribution is 2.29. The molecular formula is C6H5NO2. The lowest BCUT2D eigenvalue weighted by Crippen LogP contribution is -1.92. The van der Waals surface area contributed by atoms with Crippen LogP contribution in [0.3, 0.4) is 0 Å². The van der Waals surface area contributed by atoms with Crippen LogP contribution in [0, 0.1) is 0 Å². The van der Waals surface area contributed by atoms with Crippen molar-refractivity contribution in [3.8, 4) is 11.5 Å². The lowest BCUT2D eigenvalue weighted by atomic mass is 10.4. The maximum absolute atomic E-state index is 5.04. The molecule has 1 aliphatic heterocycles. The second-order valence-corrected chi connectivity index (χ2v) is 1.73. The Bertz CT molecular complexity index is 201. The molecule has 0 bridgehead atoms. The van der Waals surface area contributed by atoms with Gasteiger partial charge in [0.1, 0.15) is 0 Å². The minimum atomic E-state index is 0.320. The molecule has 0 unspecified atom stereocenters. The normalized spacial score (nSPS) is 13.8. The summed E-state index contributed by atoms with van der Waals surface area (Å²) in [6.45, 7) is 0.320. The summed E-state index contributed by atoms with van der Waals surface area (Å²) < 4.78 is 10.0. The molecule has 3 nitrogen and oxygen atoms in total. The van der Waals surface area contributed by atoms with Crippen molar-refractivity contribution in [2.24, 2.45) is 0 Å². The fourth-order valence-corrected chi connectivity index (χ4v) is 0.751. The Morgan fingerprint density at radius 2 is 2.22 bits per heavy atom. The fourth-order valence-electron chi connectivity index (χ4n) is 0.751. The molecule has 0 aliphatic carbocycles. The van der Waals surface area contributed by atoms with Gasteiger partial charge in [0, 0.05) is 12.3 Å². The number of aromatic nitrogens is 1. The van der Waals surface area contributed by atoms with E-state index in [4.69, 9.17) is 9.47 Å². The minimum Gasteiger partial charge on any atom is -0.453 e. The van der Waals surface area contributed by atoms with Gasteiger partial charge >= 0.3 is 0 Å². The number of fused-ring (bicyclic) bond motifs is 1. The predicted octanol–water partition coefficient (Wildman–Crippen LogP) is 0.810. The van der Waals surface area contributed by atoms with Crippen LogP contribution in [0.4, 0.5) is 0 Å². The molecule has 0 amide bonds. The average Bonchev–Trinajstić information content (AvgIpc) is 2.33. The van der Waals surface area contributed by atoms with Gasteiger partial charge in [0.2, 0.25) is 6.79 Å². The first-order valence-corrected chi connectivity index (χ1v) is 2.66. The van der Waals surface area contributed by atoms with Crippen LogP contribution in [0.1, 0.15) is 0 Å². The third-order valence-electron chi connectivity index (χ3n) is 1.18. The Morgan fingerprint density at radius 1 is 1.33 bits per heavy atom. The number of pyridine rings is 1. The molecule has 0 atom stereocenters. The molecule has 0 fully saturated rings. The number of hydrogen-bond acceptors (Lipinski definition) is 3. The van der Waals surface area contributed by atoms with Crippen molar-refractivity contribution in [1.82, 2.24) is 4.98 Å². The molecule has 9 heavy (non-hydrogen) atoms. The summed E-state index contributed by atoms with van der Waals surface area (Å²) in [7, 11) is 0. The SMILES string of the molecule is c1cc2c(cn1)OCO2. The summed E-state index contributed by atoms with van der Waals surface area (Å²) in [6.07, 6.45) is 3.32. The summed E-state index contributed by atoms with van der Waals surface area (Å²) >= 11 is 0. The first-order chi connectivity index (χ1) is 4.47. The zero-order valence-corrected chi connectivity index (χ0v) is 4.70. The molecule has 3 heteroatoms.